The molecular formula is C15H17N5O3S. The third-order valence-electron chi connectivity index (χ3n) is 3.27. The minimum absolute atomic E-state index is 0.542. The van der Waals surface area contributed by atoms with E-state index in [1.165, 1.54) is 11.8 Å². The largest absolute Gasteiger partial charge is 0.497 e. The fraction of sp³-hybridized carbons (Fsp3) is 0.333. The van der Waals surface area contributed by atoms with E-state index in [0.29, 0.717) is 39.9 Å². The molecule has 1 aromatic carbocycles. The zero-order chi connectivity index (χ0) is 16.9. The minimum atomic E-state index is 0.542. The van der Waals surface area contributed by atoms with Gasteiger partial charge in [-0.05, 0) is 12.1 Å². The smallest absolute Gasteiger partial charge is 0.226 e. The lowest BCUT2D eigenvalue weighted by Crippen LogP contribution is -1.91. The molecule has 0 saturated carbocycles. The molecular weight excluding hydrogens is 330 g/mol. The summed E-state index contributed by atoms with van der Waals surface area (Å²) >= 11 is 1.43. The number of thioether (sulfide) groups is 1. The van der Waals surface area contributed by atoms with Gasteiger partial charge in [-0.25, -0.2) is 4.98 Å². The first-order valence-electron chi connectivity index (χ1n) is 7.32. The quantitative estimate of drug-likeness (QED) is 0.651. The predicted octanol–water partition coefficient (Wildman–Crippen LogP) is 2.73. The maximum absolute atomic E-state index is 5.39. The Bertz CT molecular complexity index is 817. The van der Waals surface area contributed by atoms with Crippen molar-refractivity contribution in [2.24, 2.45) is 0 Å². The van der Waals surface area contributed by atoms with E-state index in [-0.39, 0.29) is 0 Å². The highest BCUT2D eigenvalue weighted by Gasteiger charge is 2.13. The normalized spacial score (nSPS) is 10.8. The number of rotatable bonds is 7. The van der Waals surface area contributed by atoms with Crippen LogP contribution < -0.4 is 9.47 Å². The van der Waals surface area contributed by atoms with Crippen molar-refractivity contribution in [1.82, 2.24) is 25.3 Å². The Balaban J connectivity index is 1.73. The number of aryl methyl sites for hydroxylation is 1. The molecule has 0 unspecified atom stereocenters. The number of H-pyrrole nitrogens is 1. The van der Waals surface area contributed by atoms with E-state index in [4.69, 9.17) is 14.0 Å². The van der Waals surface area contributed by atoms with Gasteiger partial charge in [-0.2, -0.15) is 4.98 Å². The monoisotopic (exact) mass is 347 g/mol. The average Bonchev–Trinajstić information content (AvgIpc) is 3.28. The van der Waals surface area contributed by atoms with Crippen molar-refractivity contribution in [3.63, 3.8) is 0 Å². The number of ether oxygens (including phenoxy) is 2. The number of aromatic amines is 1. The van der Waals surface area contributed by atoms with Gasteiger partial charge in [-0.3, -0.25) is 5.10 Å². The van der Waals surface area contributed by atoms with Crippen molar-refractivity contribution in [1.29, 1.82) is 0 Å². The van der Waals surface area contributed by atoms with Crippen molar-refractivity contribution in [3.8, 4) is 22.9 Å². The highest BCUT2D eigenvalue weighted by atomic mass is 32.2. The summed E-state index contributed by atoms with van der Waals surface area (Å²) in [6.07, 6.45) is 0.722. The van der Waals surface area contributed by atoms with Crippen LogP contribution in [0.1, 0.15) is 18.6 Å². The Kier molecular flexibility index (Phi) is 4.99. The van der Waals surface area contributed by atoms with Crippen LogP contribution in [0.15, 0.2) is 27.9 Å². The van der Waals surface area contributed by atoms with Crippen LogP contribution in [0, 0.1) is 0 Å². The molecule has 8 nitrogen and oxygen atoms in total. The van der Waals surface area contributed by atoms with Crippen LogP contribution in [0.25, 0.3) is 11.4 Å². The lowest BCUT2D eigenvalue weighted by Gasteiger charge is -2.07. The topological polar surface area (TPSA) is 99.0 Å². The first kappa shape index (κ1) is 16.3. The van der Waals surface area contributed by atoms with Gasteiger partial charge in [0, 0.05) is 12.5 Å². The highest BCUT2D eigenvalue weighted by Crippen LogP contribution is 2.32. The summed E-state index contributed by atoms with van der Waals surface area (Å²) in [6.45, 7) is 1.97. The summed E-state index contributed by atoms with van der Waals surface area (Å²) in [5.41, 5.74) is 0.811. The highest BCUT2D eigenvalue weighted by molar-refractivity contribution is 7.98. The van der Waals surface area contributed by atoms with Crippen molar-refractivity contribution >= 4 is 11.8 Å². The van der Waals surface area contributed by atoms with Gasteiger partial charge in [0.2, 0.25) is 11.0 Å². The van der Waals surface area contributed by atoms with Gasteiger partial charge in [-0.1, -0.05) is 23.8 Å². The Labute approximate surface area is 143 Å². The Morgan fingerprint density at radius 3 is 2.79 bits per heavy atom. The number of hydrogen-bond donors (Lipinski definition) is 1. The lowest BCUT2D eigenvalue weighted by molar-refractivity contribution is 0.378. The third kappa shape index (κ3) is 3.51. The number of nitrogens with zero attached hydrogens (tertiary/aromatic N) is 4. The first-order valence-corrected chi connectivity index (χ1v) is 8.31. The molecule has 0 fully saturated rings. The van der Waals surface area contributed by atoms with E-state index < -0.39 is 0 Å². The fourth-order valence-corrected chi connectivity index (χ4v) is 2.69. The zero-order valence-electron chi connectivity index (χ0n) is 13.6. The zero-order valence-corrected chi connectivity index (χ0v) is 14.4. The molecule has 126 valence electrons. The van der Waals surface area contributed by atoms with Crippen molar-refractivity contribution in [3.05, 3.63) is 29.9 Å². The summed E-state index contributed by atoms with van der Waals surface area (Å²) in [5, 5.41) is 11.6. The molecule has 0 aliphatic heterocycles. The molecule has 0 amide bonds. The molecule has 0 atom stereocenters. The maximum atomic E-state index is 5.39. The van der Waals surface area contributed by atoms with Gasteiger partial charge in [0.05, 0.1) is 25.5 Å². The van der Waals surface area contributed by atoms with Gasteiger partial charge in [0.25, 0.3) is 0 Å². The minimum Gasteiger partial charge on any atom is -0.497 e. The predicted molar refractivity (Wildman–Crippen MR) is 88.2 cm³/mol. The first-order chi connectivity index (χ1) is 11.7. The van der Waals surface area contributed by atoms with E-state index in [2.05, 4.69) is 25.3 Å². The van der Waals surface area contributed by atoms with Crippen molar-refractivity contribution < 1.29 is 14.0 Å². The standard InChI is InChI=1S/C15H17N5O3S/c1-4-13-16-12(20-23-13)8-24-15-17-14(18-19-15)10-6-5-9(21-2)7-11(10)22-3/h5-7H,4,8H2,1-3H3,(H,17,18,19). The van der Waals surface area contributed by atoms with E-state index in [9.17, 15) is 0 Å². The molecule has 3 aromatic rings. The SMILES string of the molecule is CCc1nc(CSc2n[nH]c(-c3ccc(OC)cc3OC)n2)no1. The molecule has 3 rings (SSSR count). The molecule has 2 aromatic heterocycles. The second-order valence-electron chi connectivity index (χ2n) is 4.78. The average molecular weight is 347 g/mol. The molecule has 24 heavy (non-hydrogen) atoms. The second kappa shape index (κ2) is 7.35. The van der Waals surface area contributed by atoms with E-state index in [1.54, 1.807) is 20.3 Å². The molecule has 9 heteroatoms. The molecule has 0 saturated heterocycles. The Morgan fingerprint density at radius 1 is 1.21 bits per heavy atom. The summed E-state index contributed by atoms with van der Waals surface area (Å²) in [7, 11) is 3.21. The van der Waals surface area contributed by atoms with Gasteiger partial charge in [0.1, 0.15) is 11.5 Å². The van der Waals surface area contributed by atoms with Crippen LogP contribution in [-0.2, 0) is 12.2 Å². The van der Waals surface area contributed by atoms with Gasteiger partial charge >= 0.3 is 0 Å². The van der Waals surface area contributed by atoms with Crippen LogP contribution in [0.4, 0.5) is 0 Å². The third-order valence-corrected chi connectivity index (χ3v) is 4.11. The Hall–Kier alpha value is -2.55. The van der Waals surface area contributed by atoms with Gasteiger partial charge < -0.3 is 14.0 Å². The van der Waals surface area contributed by atoms with Crippen LogP contribution in [-0.4, -0.2) is 39.5 Å². The van der Waals surface area contributed by atoms with Crippen LogP contribution in [0.5, 0.6) is 11.5 Å². The molecule has 2 heterocycles. The molecule has 0 radical (unpaired) electrons. The van der Waals surface area contributed by atoms with Crippen LogP contribution in [0.2, 0.25) is 0 Å². The Morgan fingerprint density at radius 2 is 2.08 bits per heavy atom. The summed E-state index contributed by atoms with van der Waals surface area (Å²) < 4.78 is 15.7. The number of methoxy groups -OCH3 is 2. The van der Waals surface area contributed by atoms with Crippen molar-refractivity contribution in [2.45, 2.75) is 24.3 Å². The number of nitrogens with one attached hydrogen (secondary N) is 1. The fourth-order valence-electron chi connectivity index (χ4n) is 2.05. The van der Waals surface area contributed by atoms with Crippen LogP contribution >= 0.6 is 11.8 Å². The van der Waals surface area contributed by atoms with Crippen molar-refractivity contribution in [2.75, 3.05) is 14.2 Å². The summed E-state index contributed by atoms with van der Waals surface area (Å²) in [4.78, 5) is 8.73. The molecule has 0 aliphatic rings. The van der Waals surface area contributed by atoms with Gasteiger partial charge in [-0.15, -0.1) is 5.10 Å². The molecule has 1 N–H and O–H groups in total. The lowest BCUT2D eigenvalue weighted by atomic mass is 10.2. The van der Waals surface area contributed by atoms with E-state index >= 15 is 0 Å². The molecule has 0 aliphatic carbocycles. The number of aromatic nitrogens is 5. The molecule has 0 bridgehead atoms. The molecule has 0 spiro atoms. The van der Waals surface area contributed by atoms with Gasteiger partial charge in [0.15, 0.2) is 11.6 Å². The van der Waals surface area contributed by atoms with E-state index in [1.807, 2.05) is 19.1 Å². The summed E-state index contributed by atoms with van der Waals surface area (Å²) in [6, 6.07) is 5.52. The second-order valence-corrected chi connectivity index (χ2v) is 5.72. The number of benzene rings is 1. The van der Waals surface area contributed by atoms with Crippen LogP contribution in [0.3, 0.4) is 0 Å². The number of hydrogen-bond acceptors (Lipinski definition) is 8. The van der Waals surface area contributed by atoms with E-state index in [0.717, 1.165) is 12.0 Å². The maximum Gasteiger partial charge on any atom is 0.226 e. The summed E-state index contributed by atoms with van der Waals surface area (Å²) in [5.74, 6) is 3.80.